The number of rotatable bonds is 7. The number of hydrogen-bond donors (Lipinski definition) is 1. The molecule has 100 valence electrons. The van der Waals surface area contributed by atoms with Crippen molar-refractivity contribution < 1.29 is 8.42 Å². The van der Waals surface area contributed by atoms with Crippen molar-refractivity contribution in [3.63, 3.8) is 0 Å². The fraction of sp³-hybridized carbons (Fsp3) is 0.571. The molecule has 0 amide bonds. The fourth-order valence-electron chi connectivity index (χ4n) is 2.06. The first kappa shape index (κ1) is 13.6. The van der Waals surface area contributed by atoms with Gasteiger partial charge in [-0.1, -0.05) is 30.3 Å². The fourth-order valence-corrected chi connectivity index (χ4v) is 2.78. The van der Waals surface area contributed by atoms with Crippen LogP contribution in [0.1, 0.15) is 30.7 Å². The molecule has 1 atom stereocenters. The minimum absolute atomic E-state index is 0.263. The largest absolute Gasteiger partial charge is 0.313 e. The normalized spacial score (nSPS) is 17.6. The van der Waals surface area contributed by atoms with Crippen LogP contribution in [-0.2, 0) is 9.84 Å². The van der Waals surface area contributed by atoms with Gasteiger partial charge in [0.25, 0.3) is 0 Å². The average Bonchev–Trinajstić information content (AvgIpc) is 3.13. The van der Waals surface area contributed by atoms with Gasteiger partial charge in [0.15, 0.2) is 0 Å². The highest BCUT2D eigenvalue weighted by Gasteiger charge is 2.22. The Morgan fingerprint density at radius 3 is 2.50 bits per heavy atom. The van der Waals surface area contributed by atoms with E-state index in [-0.39, 0.29) is 5.75 Å². The van der Waals surface area contributed by atoms with E-state index in [0.717, 1.165) is 6.54 Å². The molecule has 0 aliphatic heterocycles. The SMILES string of the molecule is CS(=O)(=O)CCC(CNC1CC1)c1ccccc1. The molecule has 1 saturated carbocycles. The molecule has 0 aromatic heterocycles. The van der Waals surface area contributed by atoms with E-state index in [1.807, 2.05) is 18.2 Å². The third-order valence-electron chi connectivity index (χ3n) is 3.34. The number of sulfone groups is 1. The van der Waals surface area contributed by atoms with Gasteiger partial charge in [-0.05, 0) is 30.7 Å². The first-order valence-corrected chi connectivity index (χ1v) is 8.57. The van der Waals surface area contributed by atoms with Gasteiger partial charge >= 0.3 is 0 Å². The van der Waals surface area contributed by atoms with E-state index >= 15 is 0 Å². The summed E-state index contributed by atoms with van der Waals surface area (Å²) in [5, 5.41) is 3.50. The summed E-state index contributed by atoms with van der Waals surface area (Å²) in [6.45, 7) is 0.879. The van der Waals surface area contributed by atoms with Crippen molar-refractivity contribution in [3.05, 3.63) is 35.9 Å². The molecule has 1 unspecified atom stereocenters. The van der Waals surface area contributed by atoms with Crippen molar-refractivity contribution in [2.75, 3.05) is 18.6 Å². The lowest BCUT2D eigenvalue weighted by molar-refractivity contribution is 0.556. The van der Waals surface area contributed by atoms with Gasteiger partial charge in [0.05, 0.1) is 5.75 Å². The molecule has 1 aromatic rings. The zero-order valence-electron chi connectivity index (χ0n) is 10.8. The maximum Gasteiger partial charge on any atom is 0.147 e. The molecule has 1 aromatic carbocycles. The Kier molecular flexibility index (Phi) is 4.40. The lowest BCUT2D eigenvalue weighted by atomic mass is 9.96. The Bertz CT molecular complexity index is 466. The van der Waals surface area contributed by atoms with Crippen LogP contribution in [0.15, 0.2) is 30.3 Å². The number of hydrogen-bond acceptors (Lipinski definition) is 3. The highest BCUT2D eigenvalue weighted by Crippen LogP contribution is 2.23. The lowest BCUT2D eigenvalue weighted by Gasteiger charge is -2.17. The summed E-state index contributed by atoms with van der Waals surface area (Å²) in [4.78, 5) is 0. The van der Waals surface area contributed by atoms with Crippen molar-refractivity contribution in [1.29, 1.82) is 0 Å². The van der Waals surface area contributed by atoms with Gasteiger partial charge in [0.2, 0.25) is 0 Å². The molecule has 3 nitrogen and oxygen atoms in total. The summed E-state index contributed by atoms with van der Waals surface area (Å²) in [7, 11) is -2.88. The summed E-state index contributed by atoms with van der Waals surface area (Å²) < 4.78 is 22.6. The van der Waals surface area contributed by atoms with Crippen molar-refractivity contribution >= 4 is 9.84 Å². The van der Waals surface area contributed by atoms with Gasteiger partial charge < -0.3 is 5.32 Å². The molecule has 2 rings (SSSR count). The highest BCUT2D eigenvalue weighted by atomic mass is 32.2. The first-order valence-electron chi connectivity index (χ1n) is 6.50. The topological polar surface area (TPSA) is 46.2 Å². The maximum atomic E-state index is 11.3. The molecular formula is C14H21NO2S. The summed E-state index contributed by atoms with van der Waals surface area (Å²) >= 11 is 0. The van der Waals surface area contributed by atoms with Crippen LogP contribution in [0.4, 0.5) is 0 Å². The smallest absolute Gasteiger partial charge is 0.147 e. The first-order chi connectivity index (χ1) is 8.54. The van der Waals surface area contributed by atoms with Crippen LogP contribution < -0.4 is 5.32 Å². The van der Waals surface area contributed by atoms with E-state index in [0.29, 0.717) is 18.4 Å². The van der Waals surface area contributed by atoms with Crippen LogP contribution in [0.3, 0.4) is 0 Å². The molecular weight excluding hydrogens is 246 g/mol. The number of benzene rings is 1. The Morgan fingerprint density at radius 2 is 1.94 bits per heavy atom. The quantitative estimate of drug-likeness (QED) is 0.821. The van der Waals surface area contributed by atoms with Crippen molar-refractivity contribution in [2.45, 2.75) is 31.2 Å². The van der Waals surface area contributed by atoms with Crippen LogP contribution in [0, 0.1) is 0 Å². The van der Waals surface area contributed by atoms with E-state index in [9.17, 15) is 8.42 Å². The van der Waals surface area contributed by atoms with Gasteiger partial charge in [-0.2, -0.15) is 0 Å². The van der Waals surface area contributed by atoms with Crippen LogP contribution in [0.2, 0.25) is 0 Å². The van der Waals surface area contributed by atoms with Gasteiger partial charge in [-0.15, -0.1) is 0 Å². The zero-order valence-corrected chi connectivity index (χ0v) is 11.6. The second-order valence-electron chi connectivity index (χ2n) is 5.21. The van der Waals surface area contributed by atoms with Crippen LogP contribution in [0.5, 0.6) is 0 Å². The van der Waals surface area contributed by atoms with E-state index in [2.05, 4.69) is 17.4 Å². The predicted molar refractivity (Wildman–Crippen MR) is 74.5 cm³/mol. The minimum Gasteiger partial charge on any atom is -0.313 e. The van der Waals surface area contributed by atoms with Crippen molar-refractivity contribution in [3.8, 4) is 0 Å². The molecule has 0 saturated heterocycles. The maximum absolute atomic E-state index is 11.3. The van der Waals surface area contributed by atoms with E-state index in [4.69, 9.17) is 0 Å². The second-order valence-corrected chi connectivity index (χ2v) is 7.47. The molecule has 0 spiro atoms. The summed E-state index contributed by atoms with van der Waals surface area (Å²) in [5.41, 5.74) is 1.23. The van der Waals surface area contributed by atoms with E-state index < -0.39 is 9.84 Å². The van der Waals surface area contributed by atoms with Crippen molar-refractivity contribution in [2.24, 2.45) is 0 Å². The molecule has 0 heterocycles. The van der Waals surface area contributed by atoms with Gasteiger partial charge in [-0.3, -0.25) is 0 Å². The molecule has 1 aliphatic rings. The molecule has 1 fully saturated rings. The second kappa shape index (κ2) is 5.85. The Balaban J connectivity index is 1.97. The van der Waals surface area contributed by atoms with E-state index in [1.54, 1.807) is 0 Å². The molecule has 0 radical (unpaired) electrons. The average molecular weight is 267 g/mol. The zero-order chi connectivity index (χ0) is 13.0. The third-order valence-corrected chi connectivity index (χ3v) is 4.32. The van der Waals surface area contributed by atoms with Crippen LogP contribution in [-0.4, -0.2) is 33.0 Å². The molecule has 1 N–H and O–H groups in total. The van der Waals surface area contributed by atoms with Crippen molar-refractivity contribution in [1.82, 2.24) is 5.32 Å². The summed E-state index contributed by atoms with van der Waals surface area (Å²) in [6, 6.07) is 10.9. The molecule has 1 aliphatic carbocycles. The predicted octanol–water partition coefficient (Wildman–Crippen LogP) is 1.96. The number of nitrogens with one attached hydrogen (secondary N) is 1. The Hall–Kier alpha value is -0.870. The molecule has 0 bridgehead atoms. The Labute approximate surface area is 110 Å². The minimum atomic E-state index is -2.88. The third kappa shape index (κ3) is 4.78. The standard InChI is InChI=1S/C14H21NO2S/c1-18(16,17)10-9-13(11-15-14-7-8-14)12-5-3-2-4-6-12/h2-6,13-15H,7-11H2,1H3. The Morgan fingerprint density at radius 1 is 1.28 bits per heavy atom. The highest BCUT2D eigenvalue weighted by molar-refractivity contribution is 7.90. The van der Waals surface area contributed by atoms with Crippen LogP contribution in [0.25, 0.3) is 0 Å². The van der Waals surface area contributed by atoms with Gasteiger partial charge in [0.1, 0.15) is 9.84 Å². The molecule has 18 heavy (non-hydrogen) atoms. The monoisotopic (exact) mass is 267 g/mol. The lowest BCUT2D eigenvalue weighted by Crippen LogP contribution is -2.25. The van der Waals surface area contributed by atoms with Crippen LogP contribution >= 0.6 is 0 Å². The van der Waals surface area contributed by atoms with Gasteiger partial charge in [-0.25, -0.2) is 8.42 Å². The van der Waals surface area contributed by atoms with Gasteiger partial charge in [0, 0.05) is 18.8 Å². The summed E-state index contributed by atoms with van der Waals surface area (Å²) in [5.74, 6) is 0.556. The summed E-state index contributed by atoms with van der Waals surface area (Å²) in [6.07, 6.45) is 4.52. The van der Waals surface area contributed by atoms with E-state index in [1.165, 1.54) is 24.7 Å². The molecule has 4 heteroatoms.